The summed E-state index contributed by atoms with van der Waals surface area (Å²) >= 11 is 0. The monoisotopic (exact) mass is 1380 g/mol. The number of H-pyrrole nitrogens is 1. The fourth-order valence-electron chi connectivity index (χ4n) is 14.5. The highest BCUT2D eigenvalue weighted by atomic mass is 16.6. The van der Waals surface area contributed by atoms with Crippen LogP contribution in [-0.2, 0) is 31.2 Å². The maximum Gasteiger partial charge on any atom is 0.330 e. The molecule has 2 heterocycles. The van der Waals surface area contributed by atoms with Crippen LogP contribution in [0.5, 0.6) is 23.0 Å². The van der Waals surface area contributed by atoms with Crippen molar-refractivity contribution in [2.45, 2.75) is 315 Å². The fraction of sp³-hybridized carbons (Fsp3) is 0.651. The van der Waals surface area contributed by atoms with Crippen LogP contribution >= 0.6 is 0 Å². The summed E-state index contributed by atoms with van der Waals surface area (Å²) in [6.07, 6.45) is 52.2. The minimum atomic E-state index is -1.29. The number of carboxylic acids is 1. The maximum atomic E-state index is 14.4. The predicted molar refractivity (Wildman–Crippen MR) is 407 cm³/mol. The summed E-state index contributed by atoms with van der Waals surface area (Å²) in [5.41, 5.74) is 0.824. The van der Waals surface area contributed by atoms with Crippen molar-refractivity contribution in [3.05, 3.63) is 152 Å². The molecular weight excluding hydrogens is 1250 g/mol. The highest BCUT2D eigenvalue weighted by Gasteiger charge is 2.47. The number of aryl methyl sites for hydroxylation is 1. The number of carbonyl (C=O) groups excluding carboxylic acids is 1. The van der Waals surface area contributed by atoms with E-state index < -0.39 is 52.9 Å². The van der Waals surface area contributed by atoms with Gasteiger partial charge in [-0.3, -0.25) is 23.9 Å². The van der Waals surface area contributed by atoms with Crippen molar-refractivity contribution in [3.63, 3.8) is 0 Å². The topological polar surface area (TPSA) is 177 Å². The van der Waals surface area contributed by atoms with Crippen LogP contribution in [0.15, 0.2) is 113 Å². The Labute approximate surface area is 602 Å². The molecule has 14 heteroatoms. The van der Waals surface area contributed by atoms with Crippen LogP contribution in [0.4, 0.5) is 0 Å². The third-order valence-corrected chi connectivity index (χ3v) is 20.7. The number of nitrogens with one attached hydrogen (secondary N) is 2. The molecule has 0 saturated carbocycles. The Morgan fingerprint density at radius 2 is 0.940 bits per heavy atom. The minimum absolute atomic E-state index is 0.0333. The van der Waals surface area contributed by atoms with E-state index in [1.807, 2.05) is 97.1 Å². The van der Waals surface area contributed by atoms with E-state index in [4.69, 9.17) is 28.4 Å². The van der Waals surface area contributed by atoms with Gasteiger partial charge in [0.1, 0.15) is 34.8 Å². The van der Waals surface area contributed by atoms with Crippen LogP contribution < -0.4 is 35.5 Å². The molecule has 4 atom stereocenters. The highest BCUT2D eigenvalue weighted by Crippen LogP contribution is 2.45. The number of hydrogen-bond acceptors (Lipinski definition) is 10. The van der Waals surface area contributed by atoms with Crippen LogP contribution in [0.25, 0.3) is 0 Å². The van der Waals surface area contributed by atoms with Gasteiger partial charge in [0.25, 0.3) is 5.56 Å². The second kappa shape index (κ2) is 50.1. The smallest absolute Gasteiger partial charge is 0.330 e. The molecule has 1 fully saturated rings. The van der Waals surface area contributed by atoms with Crippen molar-refractivity contribution < 1.29 is 43.1 Å². The molecule has 100 heavy (non-hydrogen) atoms. The number of carbonyl (C=O) groups is 2. The van der Waals surface area contributed by atoms with Gasteiger partial charge in [-0.05, 0) is 79.3 Å². The number of unbranched alkanes of at least 4 members (excludes halogenated alkanes) is 38. The van der Waals surface area contributed by atoms with Gasteiger partial charge in [0, 0.05) is 42.3 Å². The number of carboxylic acid groups (broad SMARTS) is 1. The van der Waals surface area contributed by atoms with Crippen molar-refractivity contribution in [2.24, 2.45) is 11.8 Å². The Morgan fingerprint density at radius 3 is 1.36 bits per heavy atom. The Kier molecular flexibility index (Phi) is 41.3. The molecule has 1 aliphatic heterocycles. The number of nitrogens with zero attached hydrogens (tertiary/aromatic N) is 1. The zero-order valence-electron chi connectivity index (χ0n) is 62.6. The molecule has 1 amide bonds. The molecule has 1 saturated heterocycles. The van der Waals surface area contributed by atoms with Crippen molar-refractivity contribution in [1.29, 1.82) is 0 Å². The highest BCUT2D eigenvalue weighted by molar-refractivity contribution is 5.82. The molecule has 6 rings (SSSR count). The molecule has 3 N–H and O–H groups in total. The van der Waals surface area contributed by atoms with E-state index in [1.54, 1.807) is 21.1 Å². The quantitative estimate of drug-likeness (QED) is 0.0249. The Morgan fingerprint density at radius 1 is 0.540 bits per heavy atom. The average Bonchev–Trinajstić information content (AvgIpc) is 0.896. The number of ether oxygens (including phenoxy) is 6. The van der Waals surface area contributed by atoms with Gasteiger partial charge < -0.3 is 38.8 Å². The molecule has 0 radical (unpaired) electrons. The summed E-state index contributed by atoms with van der Waals surface area (Å²) in [7, 11) is 3.21. The first-order valence-corrected chi connectivity index (χ1v) is 39.8. The molecule has 0 bridgehead atoms. The summed E-state index contributed by atoms with van der Waals surface area (Å²) < 4.78 is 39.4. The number of methoxy groups -OCH3 is 2. The van der Waals surface area contributed by atoms with Crippen molar-refractivity contribution in [2.75, 3.05) is 34.0 Å². The van der Waals surface area contributed by atoms with Gasteiger partial charge in [0.05, 0.1) is 46.1 Å². The largest absolute Gasteiger partial charge is 0.497 e. The van der Waals surface area contributed by atoms with Crippen molar-refractivity contribution in [1.82, 2.24) is 14.9 Å². The number of aromatic amines is 1. The lowest BCUT2D eigenvalue weighted by atomic mass is 9.79. The van der Waals surface area contributed by atoms with Crippen LogP contribution in [0.2, 0.25) is 0 Å². The minimum Gasteiger partial charge on any atom is -0.497 e. The number of hydrogen-bond donors (Lipinski definition) is 3. The normalized spacial score (nSPS) is 14.9. The van der Waals surface area contributed by atoms with E-state index in [9.17, 15) is 24.3 Å². The first-order chi connectivity index (χ1) is 49.0. The Balaban J connectivity index is 1.05. The number of aromatic nitrogens is 2. The predicted octanol–water partition coefficient (Wildman–Crippen LogP) is 21.6. The molecule has 5 aromatic rings. The summed E-state index contributed by atoms with van der Waals surface area (Å²) in [5, 5.41) is 14.2. The van der Waals surface area contributed by atoms with E-state index in [1.165, 1.54) is 242 Å². The Hall–Kier alpha value is -6.38. The molecule has 14 nitrogen and oxygen atoms in total. The third-order valence-electron chi connectivity index (χ3n) is 20.7. The van der Waals surface area contributed by atoms with Crippen LogP contribution in [-0.4, -0.2) is 66.7 Å². The molecule has 0 spiro atoms. The lowest BCUT2D eigenvalue weighted by Crippen LogP contribution is -2.40. The van der Waals surface area contributed by atoms with Gasteiger partial charge in [0.15, 0.2) is 0 Å². The van der Waals surface area contributed by atoms with Gasteiger partial charge >= 0.3 is 11.7 Å². The van der Waals surface area contributed by atoms with Gasteiger partial charge in [0.2, 0.25) is 5.91 Å². The van der Waals surface area contributed by atoms with Crippen LogP contribution in [0.3, 0.4) is 0 Å². The summed E-state index contributed by atoms with van der Waals surface area (Å²) in [4.78, 5) is 56.6. The van der Waals surface area contributed by atoms with Gasteiger partial charge in [-0.2, -0.15) is 0 Å². The van der Waals surface area contributed by atoms with E-state index in [-0.39, 0.29) is 31.6 Å². The fourth-order valence-corrected chi connectivity index (χ4v) is 14.5. The van der Waals surface area contributed by atoms with E-state index in [2.05, 4.69) is 24.1 Å². The number of rotatable bonds is 59. The second-order valence-electron chi connectivity index (χ2n) is 28.6. The SMILES string of the molecule is CCCCCCCCCCCCCCCCCCCCCCOc1ccc(CNC(=O)CC(C(=O)O)[C@H]2C[C@H](n3cc(C)c(=O)[nH]c3=O)O[C@@H]2COC(c2ccccc2)(c2ccc(OC)cc2)c2ccc(OC)cc2)c(OCCCCCCCCCCCCCCCCCCCCCC)c1. The summed E-state index contributed by atoms with van der Waals surface area (Å²) in [6, 6.07) is 30.7. The molecule has 1 unspecified atom stereocenters. The number of benzene rings is 4. The van der Waals surface area contributed by atoms with Gasteiger partial charge in [-0.15, -0.1) is 0 Å². The standard InChI is InChI=1S/C86H131N3O11/c1-6-8-10-12-14-16-18-20-22-24-26-28-30-32-34-36-38-40-42-47-61-97-76-56-51-70(79(63-76)98-62-48-43-41-39-37-35-33-31-29-27-25-23-21-19-17-15-13-11-9-7-2)66-87-81(90)64-78(84(92)93)77-65-82(89-67-69(3)83(91)88-85(89)94)100-80(77)68-99-86(71-49-45-44-46-50-71,72-52-57-74(95-4)58-53-72)73-54-59-75(96-5)60-55-73/h44-46,49-60,63,67,77-78,80,82H,6-43,47-48,61-62,64-66,68H2,1-5H3,(H,87,90)(H,92,93)(H,88,91,94)/t77-,78?,80-,82-/m1/s1. The maximum absolute atomic E-state index is 14.4. The van der Waals surface area contributed by atoms with Crippen molar-refractivity contribution >= 4 is 11.9 Å². The number of aliphatic carboxylic acids is 1. The zero-order chi connectivity index (χ0) is 71.1. The molecule has 0 aliphatic carbocycles. The van der Waals surface area contributed by atoms with E-state index in [0.29, 0.717) is 36.2 Å². The van der Waals surface area contributed by atoms with Gasteiger partial charge in [-0.25, -0.2) is 4.79 Å². The first kappa shape index (κ1) is 82.6. The zero-order valence-corrected chi connectivity index (χ0v) is 62.6. The lowest BCUT2D eigenvalue weighted by Gasteiger charge is -2.37. The lowest BCUT2D eigenvalue weighted by molar-refractivity contribution is -0.148. The molecule has 556 valence electrons. The Bertz CT molecular complexity index is 3030. The molecule has 4 aromatic carbocycles. The van der Waals surface area contributed by atoms with Gasteiger partial charge in [-0.1, -0.05) is 312 Å². The molecule has 1 aliphatic rings. The second-order valence-corrected chi connectivity index (χ2v) is 28.6. The number of amides is 1. The average molecular weight is 1380 g/mol. The molecule has 1 aromatic heterocycles. The van der Waals surface area contributed by atoms with Crippen LogP contribution in [0, 0.1) is 18.8 Å². The third kappa shape index (κ3) is 30.3. The van der Waals surface area contributed by atoms with Crippen molar-refractivity contribution in [3.8, 4) is 23.0 Å². The summed E-state index contributed by atoms with van der Waals surface area (Å²) in [5.74, 6) is -1.13. The van der Waals surface area contributed by atoms with E-state index >= 15 is 0 Å². The summed E-state index contributed by atoms with van der Waals surface area (Å²) in [6.45, 7) is 7.24. The van der Waals surface area contributed by atoms with Crippen LogP contribution in [0.1, 0.15) is 318 Å². The first-order valence-electron chi connectivity index (χ1n) is 39.8. The van der Waals surface area contributed by atoms with E-state index in [0.717, 1.165) is 47.9 Å². The molecular formula is C86H131N3O11.